The zero-order valence-corrected chi connectivity index (χ0v) is 15.4. The smallest absolute Gasteiger partial charge is 0.265 e. The molecule has 0 saturated carbocycles. The summed E-state index contributed by atoms with van der Waals surface area (Å²) >= 11 is 0. The van der Waals surface area contributed by atoms with Crippen LogP contribution in [0, 0.1) is 5.82 Å². The number of nitrogens with one attached hydrogen (secondary N) is 3. The molecule has 1 aliphatic heterocycles. The number of amides is 2. The third-order valence-corrected chi connectivity index (χ3v) is 4.92. The number of benzene rings is 2. The van der Waals surface area contributed by atoms with Gasteiger partial charge in [-0.25, -0.2) is 12.8 Å². The molecule has 2 aromatic carbocycles. The van der Waals surface area contributed by atoms with Crippen LogP contribution in [0.3, 0.4) is 0 Å². The monoisotopic (exact) mass is 409 g/mol. The summed E-state index contributed by atoms with van der Waals surface area (Å²) in [6.45, 7) is 0.996. The van der Waals surface area contributed by atoms with Crippen LogP contribution in [0.25, 0.3) is 0 Å². The second kappa shape index (κ2) is 7.92. The lowest BCUT2D eigenvalue weighted by Crippen LogP contribution is -2.34. The van der Waals surface area contributed by atoms with Gasteiger partial charge in [0, 0.05) is 5.69 Å². The Bertz CT molecular complexity index is 1010. The lowest BCUT2D eigenvalue weighted by Gasteiger charge is -2.23. The lowest BCUT2D eigenvalue weighted by atomic mass is 10.2. The first-order valence-electron chi connectivity index (χ1n) is 8.05. The second-order valence-corrected chi connectivity index (χ2v) is 7.48. The number of anilines is 2. The van der Waals surface area contributed by atoms with E-state index in [-0.39, 0.29) is 10.8 Å². The number of rotatable bonds is 6. The molecule has 0 radical (unpaired) electrons. The average molecular weight is 409 g/mol. The van der Waals surface area contributed by atoms with Gasteiger partial charge in [0.1, 0.15) is 18.2 Å². The van der Waals surface area contributed by atoms with Crippen LogP contribution < -0.4 is 20.3 Å². The minimum absolute atomic E-state index is 0.214. The van der Waals surface area contributed by atoms with Crippen LogP contribution in [-0.2, 0) is 24.4 Å². The third kappa shape index (κ3) is 4.63. The third-order valence-electron chi connectivity index (χ3n) is 3.69. The first-order valence-corrected chi connectivity index (χ1v) is 9.53. The first-order chi connectivity index (χ1) is 13.2. The van der Waals surface area contributed by atoms with Gasteiger partial charge >= 0.3 is 0 Å². The van der Waals surface area contributed by atoms with Gasteiger partial charge in [-0.3, -0.25) is 14.4 Å². The predicted molar refractivity (Wildman–Crippen MR) is 96.5 cm³/mol. The number of fused-ring (bicyclic) bond motifs is 1. The fraction of sp³-hybridized carbons (Fsp3) is 0.176. The molecular formula is C17H16FN3O6S. The SMILES string of the molecule is C[C@H]1Oc2ccc(NC(=O)CONS(=O)(=O)c3ccc(F)cc3)cc2NC1=O. The summed E-state index contributed by atoms with van der Waals surface area (Å²) in [6.07, 6.45) is -0.615. The number of ether oxygens (including phenoxy) is 1. The van der Waals surface area contributed by atoms with Crippen LogP contribution in [-0.4, -0.2) is 32.9 Å². The van der Waals surface area contributed by atoms with Crippen LogP contribution in [0.15, 0.2) is 47.4 Å². The van der Waals surface area contributed by atoms with Crippen LogP contribution in [0.5, 0.6) is 5.75 Å². The Morgan fingerprint density at radius 3 is 2.68 bits per heavy atom. The van der Waals surface area contributed by atoms with Crippen molar-refractivity contribution in [2.45, 2.75) is 17.9 Å². The Labute approximate surface area is 159 Å². The molecule has 0 spiro atoms. The maximum Gasteiger partial charge on any atom is 0.265 e. The zero-order chi connectivity index (χ0) is 20.3. The molecule has 0 aromatic heterocycles. The van der Waals surface area contributed by atoms with Gasteiger partial charge in [0.2, 0.25) is 0 Å². The fourth-order valence-electron chi connectivity index (χ4n) is 2.32. The molecule has 28 heavy (non-hydrogen) atoms. The standard InChI is InChI=1S/C17H16FN3O6S/c1-10-17(23)20-14-8-12(4-7-15(14)27-10)19-16(22)9-26-21-28(24,25)13-5-2-11(18)3-6-13/h2-8,10,21H,9H2,1H3,(H,19,22)(H,20,23)/t10-/m1/s1. The molecule has 9 nitrogen and oxygen atoms in total. The van der Waals surface area contributed by atoms with Crippen LogP contribution in [0.1, 0.15) is 6.92 Å². The molecule has 0 saturated heterocycles. The molecule has 3 rings (SSSR count). The molecular weight excluding hydrogens is 393 g/mol. The summed E-state index contributed by atoms with van der Waals surface area (Å²) in [7, 11) is -4.05. The van der Waals surface area contributed by atoms with Gasteiger partial charge in [-0.1, -0.05) is 4.89 Å². The van der Waals surface area contributed by atoms with E-state index in [4.69, 9.17) is 9.57 Å². The first kappa shape index (κ1) is 19.7. The van der Waals surface area contributed by atoms with E-state index < -0.39 is 34.5 Å². The highest BCUT2D eigenvalue weighted by molar-refractivity contribution is 7.89. The average Bonchev–Trinajstić information content (AvgIpc) is 2.63. The number of halogens is 1. The van der Waals surface area contributed by atoms with Gasteiger partial charge in [0.25, 0.3) is 21.8 Å². The number of carbonyl (C=O) groups excluding carboxylic acids is 2. The Morgan fingerprint density at radius 1 is 1.25 bits per heavy atom. The normalized spacial score (nSPS) is 15.9. The molecule has 2 aromatic rings. The summed E-state index contributed by atoms with van der Waals surface area (Å²) in [4.78, 5) is 29.8. The summed E-state index contributed by atoms with van der Waals surface area (Å²) < 4.78 is 42.2. The highest BCUT2D eigenvalue weighted by Crippen LogP contribution is 2.32. The van der Waals surface area contributed by atoms with Crippen molar-refractivity contribution in [3.8, 4) is 5.75 Å². The molecule has 0 unspecified atom stereocenters. The predicted octanol–water partition coefficient (Wildman–Crippen LogP) is 1.39. The minimum Gasteiger partial charge on any atom is -0.479 e. The maximum atomic E-state index is 12.9. The van der Waals surface area contributed by atoms with Crippen molar-refractivity contribution < 1.29 is 32.0 Å². The van der Waals surface area contributed by atoms with E-state index in [0.29, 0.717) is 17.1 Å². The molecule has 1 heterocycles. The van der Waals surface area contributed by atoms with Crippen molar-refractivity contribution in [1.29, 1.82) is 0 Å². The Hall–Kier alpha value is -3.02. The zero-order valence-electron chi connectivity index (χ0n) is 14.6. The molecule has 3 N–H and O–H groups in total. The molecule has 11 heteroatoms. The fourth-order valence-corrected chi connectivity index (χ4v) is 3.12. The molecule has 0 bridgehead atoms. The molecule has 2 amide bonds. The number of carbonyl (C=O) groups is 2. The summed E-state index contributed by atoms with van der Waals surface area (Å²) in [5, 5.41) is 5.14. The molecule has 0 aliphatic carbocycles. The highest BCUT2D eigenvalue weighted by Gasteiger charge is 2.23. The van der Waals surface area contributed by atoms with Crippen molar-refractivity contribution in [2.75, 3.05) is 17.2 Å². The molecule has 0 fully saturated rings. The largest absolute Gasteiger partial charge is 0.479 e. The van der Waals surface area contributed by atoms with E-state index in [2.05, 4.69) is 10.6 Å². The number of hydrogen-bond acceptors (Lipinski definition) is 6. The Morgan fingerprint density at radius 2 is 1.96 bits per heavy atom. The summed E-state index contributed by atoms with van der Waals surface area (Å²) in [5.74, 6) is -1.07. The van der Waals surface area contributed by atoms with Crippen LogP contribution in [0.4, 0.5) is 15.8 Å². The van der Waals surface area contributed by atoms with Crippen molar-refractivity contribution in [1.82, 2.24) is 4.89 Å². The van der Waals surface area contributed by atoms with E-state index in [1.807, 2.05) is 0 Å². The molecule has 1 atom stereocenters. The van der Waals surface area contributed by atoms with Gasteiger partial charge < -0.3 is 15.4 Å². The van der Waals surface area contributed by atoms with E-state index in [1.54, 1.807) is 23.9 Å². The van der Waals surface area contributed by atoms with E-state index in [1.165, 1.54) is 6.07 Å². The van der Waals surface area contributed by atoms with Gasteiger partial charge in [0.15, 0.2) is 6.10 Å². The van der Waals surface area contributed by atoms with Gasteiger partial charge in [0.05, 0.1) is 10.6 Å². The summed E-state index contributed by atoms with van der Waals surface area (Å²) in [6, 6.07) is 8.74. The van der Waals surface area contributed by atoms with Gasteiger partial charge in [-0.15, -0.1) is 0 Å². The second-order valence-electron chi connectivity index (χ2n) is 5.84. The topological polar surface area (TPSA) is 123 Å². The quantitative estimate of drug-likeness (QED) is 0.620. The minimum atomic E-state index is -4.05. The van der Waals surface area contributed by atoms with Crippen molar-refractivity contribution in [2.24, 2.45) is 0 Å². The van der Waals surface area contributed by atoms with Crippen LogP contribution >= 0.6 is 0 Å². The van der Waals surface area contributed by atoms with Crippen molar-refractivity contribution in [3.63, 3.8) is 0 Å². The van der Waals surface area contributed by atoms with E-state index in [9.17, 15) is 22.4 Å². The van der Waals surface area contributed by atoms with Gasteiger partial charge in [-0.2, -0.15) is 0 Å². The van der Waals surface area contributed by atoms with E-state index in [0.717, 1.165) is 24.3 Å². The Balaban J connectivity index is 1.54. The summed E-state index contributed by atoms with van der Waals surface area (Å²) in [5.41, 5.74) is 0.756. The Kier molecular flexibility index (Phi) is 5.58. The molecule has 148 valence electrons. The van der Waals surface area contributed by atoms with Crippen molar-refractivity contribution in [3.05, 3.63) is 48.3 Å². The molecule has 1 aliphatic rings. The van der Waals surface area contributed by atoms with Crippen molar-refractivity contribution >= 4 is 33.2 Å². The van der Waals surface area contributed by atoms with Crippen LogP contribution in [0.2, 0.25) is 0 Å². The maximum absolute atomic E-state index is 12.9. The number of sulfonamides is 1. The van der Waals surface area contributed by atoms with Gasteiger partial charge in [-0.05, 0) is 49.4 Å². The number of hydrogen-bond donors (Lipinski definition) is 3. The highest BCUT2D eigenvalue weighted by atomic mass is 32.2. The lowest BCUT2D eigenvalue weighted by molar-refractivity contribution is -0.123. The van der Waals surface area contributed by atoms with E-state index >= 15 is 0 Å².